The summed E-state index contributed by atoms with van der Waals surface area (Å²) >= 11 is 5.83. The van der Waals surface area contributed by atoms with Gasteiger partial charge in [-0.05, 0) is 56.6 Å². The average molecular weight is 317 g/mol. The summed E-state index contributed by atoms with van der Waals surface area (Å²) in [6, 6.07) is 6.52. The van der Waals surface area contributed by atoms with E-state index < -0.39 is 10.0 Å². The summed E-state index contributed by atoms with van der Waals surface area (Å²) in [5.74, 6) is 0. The maximum atomic E-state index is 12.8. The molecule has 0 aromatic heterocycles. The van der Waals surface area contributed by atoms with E-state index in [4.69, 9.17) is 11.6 Å². The van der Waals surface area contributed by atoms with Crippen molar-refractivity contribution in [1.29, 1.82) is 0 Å². The van der Waals surface area contributed by atoms with Gasteiger partial charge in [0.15, 0.2) is 0 Å². The smallest absolute Gasteiger partial charge is 0.243 e. The molecule has 4 nitrogen and oxygen atoms in total. The third kappa shape index (κ3) is 3.52. The van der Waals surface area contributed by atoms with Crippen molar-refractivity contribution in [1.82, 2.24) is 9.62 Å². The Labute approximate surface area is 126 Å². The summed E-state index contributed by atoms with van der Waals surface area (Å²) in [6.45, 7) is 4.32. The molecule has 0 radical (unpaired) electrons. The summed E-state index contributed by atoms with van der Waals surface area (Å²) in [6.07, 6.45) is 2.55. The summed E-state index contributed by atoms with van der Waals surface area (Å²) in [7, 11) is -3.43. The van der Waals surface area contributed by atoms with Crippen molar-refractivity contribution in [2.75, 3.05) is 19.6 Å². The summed E-state index contributed by atoms with van der Waals surface area (Å²) in [5, 5.41) is 3.82. The number of sulfonamides is 1. The molecular formula is C14H21ClN2O2S. The SMILES string of the molecule is CCCN(C1CCNCC1)S(=O)(=O)c1ccc(Cl)cc1. The van der Waals surface area contributed by atoms with Crippen molar-refractivity contribution in [3.8, 4) is 0 Å². The van der Waals surface area contributed by atoms with Gasteiger partial charge in [0.25, 0.3) is 0 Å². The number of nitrogens with one attached hydrogen (secondary N) is 1. The Morgan fingerprint density at radius 1 is 1.25 bits per heavy atom. The number of hydrogen-bond donors (Lipinski definition) is 1. The molecule has 1 aliphatic rings. The standard InChI is InChI=1S/C14H21ClN2O2S/c1-2-11-17(13-7-9-16-10-8-13)20(18,19)14-5-3-12(15)4-6-14/h3-6,13,16H,2,7-11H2,1H3. The Balaban J connectivity index is 2.28. The van der Waals surface area contributed by atoms with Crippen LogP contribution in [0.4, 0.5) is 0 Å². The van der Waals surface area contributed by atoms with Crippen molar-refractivity contribution < 1.29 is 8.42 Å². The van der Waals surface area contributed by atoms with Gasteiger partial charge in [0.05, 0.1) is 4.90 Å². The lowest BCUT2D eigenvalue weighted by Crippen LogP contribution is -2.46. The fraction of sp³-hybridized carbons (Fsp3) is 0.571. The highest BCUT2D eigenvalue weighted by molar-refractivity contribution is 7.89. The first-order chi connectivity index (χ1) is 9.55. The van der Waals surface area contributed by atoms with Crippen LogP contribution in [0.3, 0.4) is 0 Å². The lowest BCUT2D eigenvalue weighted by molar-refractivity contribution is 0.262. The molecule has 112 valence electrons. The molecule has 2 rings (SSSR count). The topological polar surface area (TPSA) is 49.4 Å². The summed E-state index contributed by atoms with van der Waals surface area (Å²) in [5.41, 5.74) is 0. The molecule has 6 heteroatoms. The van der Waals surface area contributed by atoms with Crippen molar-refractivity contribution in [2.45, 2.75) is 37.1 Å². The third-order valence-corrected chi connectivity index (χ3v) is 5.80. The van der Waals surface area contributed by atoms with Crippen LogP contribution in [0.2, 0.25) is 5.02 Å². The zero-order valence-corrected chi connectivity index (χ0v) is 13.3. The minimum Gasteiger partial charge on any atom is -0.317 e. The van der Waals surface area contributed by atoms with Crippen molar-refractivity contribution in [3.05, 3.63) is 29.3 Å². The molecule has 1 fully saturated rings. The fourth-order valence-corrected chi connectivity index (χ4v) is 4.46. The minimum absolute atomic E-state index is 0.0943. The first kappa shape index (κ1) is 15.8. The van der Waals surface area contributed by atoms with Crippen molar-refractivity contribution in [2.24, 2.45) is 0 Å². The monoisotopic (exact) mass is 316 g/mol. The summed E-state index contributed by atoms with van der Waals surface area (Å²) < 4.78 is 27.3. The summed E-state index contributed by atoms with van der Waals surface area (Å²) in [4.78, 5) is 0.328. The van der Waals surface area contributed by atoms with Crippen molar-refractivity contribution >= 4 is 21.6 Å². The molecule has 20 heavy (non-hydrogen) atoms. The maximum absolute atomic E-state index is 12.8. The Morgan fingerprint density at radius 2 is 1.85 bits per heavy atom. The lowest BCUT2D eigenvalue weighted by Gasteiger charge is -2.33. The van der Waals surface area contributed by atoms with Gasteiger partial charge < -0.3 is 5.32 Å². The number of benzene rings is 1. The van der Waals surface area contributed by atoms with Gasteiger partial charge in [0, 0.05) is 17.6 Å². The van der Waals surface area contributed by atoms with E-state index in [1.807, 2.05) is 6.92 Å². The molecule has 1 saturated heterocycles. The van der Waals surface area contributed by atoms with Crippen LogP contribution in [0.1, 0.15) is 26.2 Å². The molecule has 1 aromatic rings. The molecule has 1 aliphatic heterocycles. The van der Waals surface area contributed by atoms with Crippen LogP contribution in [0.15, 0.2) is 29.2 Å². The fourth-order valence-electron chi connectivity index (χ4n) is 2.56. The van der Waals surface area contributed by atoms with E-state index in [0.717, 1.165) is 32.4 Å². The average Bonchev–Trinajstić information content (AvgIpc) is 2.46. The minimum atomic E-state index is -3.43. The highest BCUT2D eigenvalue weighted by Gasteiger charge is 2.31. The normalized spacial score (nSPS) is 17.6. The molecule has 0 amide bonds. The molecule has 1 heterocycles. The highest BCUT2D eigenvalue weighted by Crippen LogP contribution is 2.24. The molecule has 1 aromatic carbocycles. The van der Waals surface area contributed by atoms with Gasteiger partial charge in [-0.3, -0.25) is 0 Å². The maximum Gasteiger partial charge on any atom is 0.243 e. The highest BCUT2D eigenvalue weighted by atomic mass is 35.5. The Hall–Kier alpha value is -0.620. The zero-order valence-electron chi connectivity index (χ0n) is 11.7. The predicted molar refractivity (Wildman–Crippen MR) is 81.5 cm³/mol. The largest absolute Gasteiger partial charge is 0.317 e. The third-order valence-electron chi connectivity index (χ3n) is 3.58. The molecule has 0 bridgehead atoms. The molecule has 1 N–H and O–H groups in total. The Bertz CT molecular complexity index is 525. The van der Waals surface area contributed by atoms with E-state index in [1.165, 1.54) is 0 Å². The number of hydrogen-bond acceptors (Lipinski definition) is 3. The van der Waals surface area contributed by atoms with Crippen LogP contribution in [0.5, 0.6) is 0 Å². The number of nitrogens with zero attached hydrogens (tertiary/aromatic N) is 1. The van der Waals surface area contributed by atoms with Crippen LogP contribution < -0.4 is 5.32 Å². The van der Waals surface area contributed by atoms with Gasteiger partial charge in [0.2, 0.25) is 10.0 Å². The number of rotatable bonds is 5. The van der Waals surface area contributed by atoms with E-state index in [-0.39, 0.29) is 6.04 Å². The number of halogens is 1. The van der Waals surface area contributed by atoms with Gasteiger partial charge in [-0.2, -0.15) is 4.31 Å². The second-order valence-electron chi connectivity index (χ2n) is 5.05. The molecule has 0 unspecified atom stereocenters. The van der Waals surface area contributed by atoms with Crippen LogP contribution in [-0.2, 0) is 10.0 Å². The molecule has 0 spiro atoms. The second-order valence-corrected chi connectivity index (χ2v) is 7.38. The molecule has 0 atom stereocenters. The van der Waals surface area contributed by atoms with Gasteiger partial charge in [-0.1, -0.05) is 18.5 Å². The van der Waals surface area contributed by atoms with E-state index >= 15 is 0 Å². The van der Waals surface area contributed by atoms with Crippen LogP contribution in [-0.4, -0.2) is 38.4 Å². The van der Waals surface area contributed by atoms with Gasteiger partial charge in [-0.25, -0.2) is 8.42 Å². The second kappa shape index (κ2) is 6.89. The van der Waals surface area contributed by atoms with Gasteiger partial charge >= 0.3 is 0 Å². The van der Waals surface area contributed by atoms with Crippen LogP contribution in [0.25, 0.3) is 0 Å². The molecular weight excluding hydrogens is 296 g/mol. The van der Waals surface area contributed by atoms with Gasteiger partial charge in [-0.15, -0.1) is 0 Å². The predicted octanol–water partition coefficient (Wildman–Crippen LogP) is 2.49. The van der Waals surface area contributed by atoms with Crippen LogP contribution >= 0.6 is 11.6 Å². The quantitative estimate of drug-likeness (QED) is 0.908. The van der Waals surface area contributed by atoms with Crippen LogP contribution in [0, 0.1) is 0 Å². The molecule has 0 saturated carbocycles. The lowest BCUT2D eigenvalue weighted by atomic mass is 10.1. The van der Waals surface area contributed by atoms with E-state index in [2.05, 4.69) is 5.32 Å². The van der Waals surface area contributed by atoms with E-state index in [0.29, 0.717) is 16.5 Å². The first-order valence-electron chi connectivity index (χ1n) is 7.04. The first-order valence-corrected chi connectivity index (χ1v) is 8.85. The van der Waals surface area contributed by atoms with E-state index in [9.17, 15) is 8.42 Å². The van der Waals surface area contributed by atoms with E-state index in [1.54, 1.807) is 28.6 Å². The zero-order chi connectivity index (χ0) is 14.6. The Kier molecular flexibility index (Phi) is 5.43. The molecule has 0 aliphatic carbocycles. The number of piperidine rings is 1. The Morgan fingerprint density at radius 3 is 2.40 bits per heavy atom. The van der Waals surface area contributed by atoms with Crippen molar-refractivity contribution in [3.63, 3.8) is 0 Å². The van der Waals surface area contributed by atoms with Gasteiger partial charge in [0.1, 0.15) is 0 Å².